The summed E-state index contributed by atoms with van der Waals surface area (Å²) in [5, 5.41) is 11.3. The molecule has 9 heteroatoms. The van der Waals surface area contributed by atoms with Gasteiger partial charge in [0.1, 0.15) is 0 Å². The Morgan fingerprint density at radius 1 is 1.23 bits per heavy atom. The largest absolute Gasteiger partial charge is 0.280 e. The first-order valence-corrected chi connectivity index (χ1v) is 8.59. The first-order valence-electron chi connectivity index (χ1n) is 5.93. The SMILES string of the molecule is Cc1ccc(S(=O)(=O)Nc2ccc(Br)c(Cl)c2)cc1[N+](=O)[O-]. The van der Waals surface area contributed by atoms with Gasteiger partial charge >= 0.3 is 0 Å². The molecule has 2 rings (SSSR count). The van der Waals surface area contributed by atoms with Crippen LogP contribution in [0.2, 0.25) is 5.02 Å². The number of nitro groups is 1. The second-order valence-corrected chi connectivity index (χ2v) is 7.38. The highest BCUT2D eigenvalue weighted by Crippen LogP contribution is 2.28. The zero-order chi connectivity index (χ0) is 16.5. The standard InChI is InChI=1S/C13H10BrClN2O4S/c1-8-2-4-10(7-13(8)17(18)19)22(20,21)16-9-3-5-11(14)12(15)6-9/h2-7,16H,1H3. The fraction of sp³-hybridized carbons (Fsp3) is 0.0769. The van der Waals surface area contributed by atoms with Gasteiger partial charge in [0.2, 0.25) is 0 Å². The van der Waals surface area contributed by atoms with Gasteiger partial charge < -0.3 is 0 Å². The van der Waals surface area contributed by atoms with Crippen LogP contribution in [0.4, 0.5) is 11.4 Å². The molecule has 0 aliphatic heterocycles. The van der Waals surface area contributed by atoms with Crippen molar-refractivity contribution in [3.63, 3.8) is 0 Å². The minimum Gasteiger partial charge on any atom is -0.280 e. The zero-order valence-corrected chi connectivity index (χ0v) is 14.4. The van der Waals surface area contributed by atoms with E-state index in [-0.39, 0.29) is 16.3 Å². The number of anilines is 1. The number of nitro benzene ring substituents is 1. The number of nitrogens with zero attached hydrogens (tertiary/aromatic N) is 1. The number of aryl methyl sites for hydroxylation is 1. The van der Waals surface area contributed by atoms with Gasteiger partial charge in [0.25, 0.3) is 15.7 Å². The van der Waals surface area contributed by atoms with E-state index >= 15 is 0 Å². The predicted octanol–water partition coefficient (Wildman–Crippen LogP) is 4.12. The first kappa shape index (κ1) is 16.7. The zero-order valence-electron chi connectivity index (χ0n) is 11.2. The second kappa shape index (κ2) is 6.23. The highest BCUT2D eigenvalue weighted by molar-refractivity contribution is 9.10. The Morgan fingerprint density at radius 3 is 2.50 bits per heavy atom. The molecule has 0 spiro atoms. The number of sulfonamides is 1. The monoisotopic (exact) mass is 404 g/mol. The van der Waals surface area contributed by atoms with Gasteiger partial charge in [-0.25, -0.2) is 8.42 Å². The highest BCUT2D eigenvalue weighted by Gasteiger charge is 2.20. The van der Waals surface area contributed by atoms with Crippen LogP contribution < -0.4 is 4.72 Å². The summed E-state index contributed by atoms with van der Waals surface area (Å²) in [7, 11) is -3.94. The van der Waals surface area contributed by atoms with Gasteiger partial charge in [0, 0.05) is 16.1 Å². The van der Waals surface area contributed by atoms with Crippen LogP contribution in [0.15, 0.2) is 45.8 Å². The lowest BCUT2D eigenvalue weighted by atomic mass is 10.2. The lowest BCUT2D eigenvalue weighted by Crippen LogP contribution is -2.13. The smallest absolute Gasteiger partial charge is 0.273 e. The van der Waals surface area contributed by atoms with Crippen LogP contribution in [0.3, 0.4) is 0 Å². The van der Waals surface area contributed by atoms with Crippen molar-refractivity contribution in [2.24, 2.45) is 0 Å². The number of hydrogen-bond donors (Lipinski definition) is 1. The fourth-order valence-corrected chi connectivity index (χ4v) is 3.22. The van der Waals surface area contributed by atoms with Gasteiger partial charge in [-0.1, -0.05) is 17.7 Å². The minimum atomic E-state index is -3.94. The van der Waals surface area contributed by atoms with Crippen molar-refractivity contribution in [3.05, 3.63) is 61.6 Å². The Kier molecular flexibility index (Phi) is 4.74. The number of rotatable bonds is 4. The van der Waals surface area contributed by atoms with E-state index in [0.717, 1.165) is 6.07 Å². The van der Waals surface area contributed by atoms with Gasteiger partial charge in [-0.05, 0) is 47.1 Å². The second-order valence-electron chi connectivity index (χ2n) is 4.44. The van der Waals surface area contributed by atoms with Crippen molar-refractivity contribution >= 4 is 48.9 Å². The van der Waals surface area contributed by atoms with Crippen molar-refractivity contribution in [2.45, 2.75) is 11.8 Å². The predicted molar refractivity (Wildman–Crippen MR) is 87.8 cm³/mol. The molecular formula is C13H10BrClN2O4S. The average molecular weight is 406 g/mol. The van der Waals surface area contributed by atoms with E-state index in [2.05, 4.69) is 20.7 Å². The summed E-state index contributed by atoms with van der Waals surface area (Å²) >= 11 is 9.11. The fourth-order valence-electron chi connectivity index (χ4n) is 1.73. The maximum absolute atomic E-state index is 12.3. The van der Waals surface area contributed by atoms with Crippen molar-refractivity contribution in [2.75, 3.05) is 4.72 Å². The first-order chi connectivity index (χ1) is 10.2. The Morgan fingerprint density at radius 2 is 1.91 bits per heavy atom. The van der Waals surface area contributed by atoms with Crippen LogP contribution in [0.25, 0.3) is 0 Å². The van der Waals surface area contributed by atoms with Crippen LogP contribution in [0.1, 0.15) is 5.56 Å². The van der Waals surface area contributed by atoms with Gasteiger partial charge in [0.05, 0.1) is 20.5 Å². The van der Waals surface area contributed by atoms with Crippen molar-refractivity contribution in [1.82, 2.24) is 0 Å². The van der Waals surface area contributed by atoms with Gasteiger partial charge in [-0.3, -0.25) is 14.8 Å². The molecule has 116 valence electrons. The van der Waals surface area contributed by atoms with E-state index in [0.29, 0.717) is 15.1 Å². The maximum Gasteiger partial charge on any atom is 0.273 e. The van der Waals surface area contributed by atoms with Gasteiger partial charge in [0.15, 0.2) is 0 Å². The summed E-state index contributed by atoms with van der Waals surface area (Å²) in [6.45, 7) is 1.54. The summed E-state index contributed by atoms with van der Waals surface area (Å²) in [6.07, 6.45) is 0. The van der Waals surface area contributed by atoms with E-state index in [1.54, 1.807) is 6.07 Å². The molecule has 0 radical (unpaired) electrons. The molecule has 0 aromatic heterocycles. The molecule has 0 unspecified atom stereocenters. The molecule has 0 fully saturated rings. The summed E-state index contributed by atoms with van der Waals surface area (Å²) in [5.41, 5.74) is 0.392. The third kappa shape index (κ3) is 3.57. The molecule has 2 aromatic rings. The quantitative estimate of drug-likeness (QED) is 0.612. The van der Waals surface area contributed by atoms with Crippen LogP contribution >= 0.6 is 27.5 Å². The molecule has 0 aliphatic rings. The molecule has 0 saturated heterocycles. The Labute approximate surface area is 140 Å². The lowest BCUT2D eigenvalue weighted by Gasteiger charge is -2.09. The Hall–Kier alpha value is -1.64. The van der Waals surface area contributed by atoms with E-state index in [9.17, 15) is 18.5 Å². The Bertz CT molecular complexity index is 855. The number of benzene rings is 2. The maximum atomic E-state index is 12.3. The van der Waals surface area contributed by atoms with Gasteiger partial charge in [-0.2, -0.15) is 0 Å². The van der Waals surface area contributed by atoms with Gasteiger partial charge in [-0.15, -0.1) is 0 Å². The molecule has 0 aliphatic carbocycles. The molecule has 0 bridgehead atoms. The molecule has 0 atom stereocenters. The summed E-state index contributed by atoms with van der Waals surface area (Å²) in [5.74, 6) is 0. The van der Waals surface area contributed by atoms with E-state index in [1.165, 1.54) is 31.2 Å². The molecule has 0 saturated carbocycles. The van der Waals surface area contributed by atoms with Crippen molar-refractivity contribution in [1.29, 1.82) is 0 Å². The lowest BCUT2D eigenvalue weighted by molar-refractivity contribution is -0.385. The van der Waals surface area contributed by atoms with E-state index in [4.69, 9.17) is 11.6 Å². The van der Waals surface area contributed by atoms with Crippen LogP contribution in [-0.2, 0) is 10.0 Å². The van der Waals surface area contributed by atoms with E-state index in [1.807, 2.05) is 0 Å². The van der Waals surface area contributed by atoms with Crippen LogP contribution in [0, 0.1) is 17.0 Å². The van der Waals surface area contributed by atoms with Crippen molar-refractivity contribution < 1.29 is 13.3 Å². The van der Waals surface area contributed by atoms with E-state index < -0.39 is 14.9 Å². The number of hydrogen-bond acceptors (Lipinski definition) is 4. The molecular weight excluding hydrogens is 396 g/mol. The normalized spacial score (nSPS) is 11.2. The molecule has 6 nitrogen and oxygen atoms in total. The Balaban J connectivity index is 2.40. The summed E-state index contributed by atoms with van der Waals surface area (Å²) in [4.78, 5) is 10.1. The van der Waals surface area contributed by atoms with Crippen LogP contribution in [-0.4, -0.2) is 13.3 Å². The minimum absolute atomic E-state index is 0.191. The molecule has 2 aromatic carbocycles. The number of nitrogens with one attached hydrogen (secondary N) is 1. The third-order valence-corrected chi connectivity index (χ3v) is 5.47. The molecule has 22 heavy (non-hydrogen) atoms. The molecule has 1 N–H and O–H groups in total. The average Bonchev–Trinajstić information content (AvgIpc) is 2.42. The highest BCUT2D eigenvalue weighted by atomic mass is 79.9. The molecule has 0 heterocycles. The van der Waals surface area contributed by atoms with Crippen molar-refractivity contribution in [3.8, 4) is 0 Å². The topological polar surface area (TPSA) is 89.3 Å². The third-order valence-electron chi connectivity index (χ3n) is 2.86. The van der Waals surface area contributed by atoms with Crippen LogP contribution in [0.5, 0.6) is 0 Å². The molecule has 0 amide bonds. The number of halogens is 2. The summed E-state index contributed by atoms with van der Waals surface area (Å²) in [6, 6.07) is 8.28. The summed E-state index contributed by atoms with van der Waals surface area (Å²) < 4.78 is 27.6.